The van der Waals surface area contributed by atoms with Crippen molar-refractivity contribution in [1.82, 2.24) is 5.32 Å². The molecular weight excluding hydrogens is 242 g/mol. The monoisotopic (exact) mass is 259 g/mol. The van der Waals surface area contributed by atoms with Crippen LogP contribution in [-0.2, 0) is 9.59 Å². The average Bonchev–Trinajstić information content (AvgIpc) is 2.69. The van der Waals surface area contributed by atoms with Gasteiger partial charge in [0.05, 0.1) is 13.0 Å². The maximum atomic E-state index is 11.5. The number of ether oxygens (including phenoxy) is 1. The lowest BCUT2D eigenvalue weighted by Gasteiger charge is -2.05. The fourth-order valence-corrected chi connectivity index (χ4v) is 1.85. The number of imide groups is 1. The fraction of sp³-hybridized carbons (Fsp3) is 0.333. The molecule has 19 heavy (non-hydrogen) atoms. The van der Waals surface area contributed by atoms with E-state index in [0.717, 1.165) is 24.2 Å². The number of rotatable bonds is 5. The Hall–Kier alpha value is -2.10. The molecule has 1 aromatic carbocycles. The van der Waals surface area contributed by atoms with Gasteiger partial charge in [0, 0.05) is 5.57 Å². The minimum Gasteiger partial charge on any atom is -0.494 e. The predicted octanol–water partition coefficient (Wildman–Crippen LogP) is 2.30. The Morgan fingerprint density at radius 1 is 1.37 bits per heavy atom. The predicted molar refractivity (Wildman–Crippen MR) is 72.6 cm³/mol. The van der Waals surface area contributed by atoms with Crippen LogP contribution in [0.1, 0.15) is 31.7 Å². The maximum absolute atomic E-state index is 11.5. The van der Waals surface area contributed by atoms with E-state index >= 15 is 0 Å². The molecule has 0 bridgehead atoms. The molecule has 1 heterocycles. The normalized spacial score (nSPS) is 16.8. The number of hydrogen-bond donors (Lipinski definition) is 1. The molecule has 0 spiro atoms. The van der Waals surface area contributed by atoms with Crippen molar-refractivity contribution < 1.29 is 14.3 Å². The van der Waals surface area contributed by atoms with Gasteiger partial charge < -0.3 is 4.74 Å². The van der Waals surface area contributed by atoms with Crippen molar-refractivity contribution in [3.63, 3.8) is 0 Å². The smallest absolute Gasteiger partial charge is 0.254 e. The van der Waals surface area contributed by atoms with Gasteiger partial charge in [0.1, 0.15) is 5.75 Å². The summed E-state index contributed by atoms with van der Waals surface area (Å²) in [4.78, 5) is 22.6. The molecule has 1 N–H and O–H groups in total. The lowest BCUT2D eigenvalue weighted by molar-refractivity contribution is -0.124. The highest BCUT2D eigenvalue weighted by Gasteiger charge is 2.23. The van der Waals surface area contributed by atoms with E-state index in [1.54, 1.807) is 6.08 Å². The third-order valence-corrected chi connectivity index (χ3v) is 2.86. The lowest BCUT2D eigenvalue weighted by Crippen LogP contribution is -2.19. The quantitative estimate of drug-likeness (QED) is 0.501. The third-order valence-electron chi connectivity index (χ3n) is 2.86. The summed E-state index contributed by atoms with van der Waals surface area (Å²) in [7, 11) is 0. The van der Waals surface area contributed by atoms with Gasteiger partial charge in [-0.15, -0.1) is 0 Å². The summed E-state index contributed by atoms with van der Waals surface area (Å²) >= 11 is 0. The number of unbranched alkanes of at least 4 members (excludes halogenated alkanes) is 1. The molecule has 4 nitrogen and oxygen atoms in total. The van der Waals surface area contributed by atoms with Gasteiger partial charge >= 0.3 is 0 Å². The van der Waals surface area contributed by atoms with Crippen molar-refractivity contribution in [2.24, 2.45) is 0 Å². The number of amides is 2. The van der Waals surface area contributed by atoms with Crippen LogP contribution in [0.5, 0.6) is 5.75 Å². The zero-order valence-corrected chi connectivity index (χ0v) is 10.9. The van der Waals surface area contributed by atoms with Crippen LogP contribution in [0, 0.1) is 0 Å². The molecular formula is C15H17NO3. The van der Waals surface area contributed by atoms with E-state index in [4.69, 9.17) is 4.74 Å². The summed E-state index contributed by atoms with van der Waals surface area (Å²) in [6.45, 7) is 2.80. The second-order valence-corrected chi connectivity index (χ2v) is 4.50. The van der Waals surface area contributed by atoms with Crippen LogP contribution >= 0.6 is 0 Å². The van der Waals surface area contributed by atoms with Crippen LogP contribution in [0.3, 0.4) is 0 Å². The first kappa shape index (κ1) is 13.3. The molecule has 100 valence electrons. The molecule has 1 fully saturated rings. The van der Waals surface area contributed by atoms with Gasteiger partial charge in [-0.05, 0) is 30.2 Å². The van der Waals surface area contributed by atoms with Crippen molar-refractivity contribution in [3.8, 4) is 5.75 Å². The van der Waals surface area contributed by atoms with Gasteiger partial charge in [0.2, 0.25) is 5.91 Å². The summed E-state index contributed by atoms with van der Waals surface area (Å²) in [5.41, 5.74) is 1.37. The highest BCUT2D eigenvalue weighted by Crippen LogP contribution is 2.19. The molecule has 1 aliphatic heterocycles. The van der Waals surface area contributed by atoms with E-state index in [2.05, 4.69) is 12.2 Å². The summed E-state index contributed by atoms with van der Waals surface area (Å²) < 4.78 is 5.60. The van der Waals surface area contributed by atoms with E-state index in [1.165, 1.54) is 0 Å². The van der Waals surface area contributed by atoms with Gasteiger partial charge in [0.25, 0.3) is 5.91 Å². The number of hydrogen-bond acceptors (Lipinski definition) is 3. The summed E-state index contributed by atoms with van der Waals surface area (Å²) in [6.07, 6.45) is 3.99. The Kier molecular flexibility index (Phi) is 4.34. The maximum Gasteiger partial charge on any atom is 0.254 e. The summed E-state index contributed by atoms with van der Waals surface area (Å²) in [5, 5.41) is 2.27. The van der Waals surface area contributed by atoms with Crippen molar-refractivity contribution >= 4 is 17.9 Å². The minimum absolute atomic E-state index is 0.153. The highest BCUT2D eigenvalue weighted by atomic mass is 16.5. The van der Waals surface area contributed by atoms with E-state index in [-0.39, 0.29) is 18.2 Å². The first-order valence-corrected chi connectivity index (χ1v) is 6.46. The average molecular weight is 259 g/mol. The Morgan fingerprint density at radius 3 is 2.89 bits per heavy atom. The van der Waals surface area contributed by atoms with Gasteiger partial charge in [-0.1, -0.05) is 25.5 Å². The van der Waals surface area contributed by atoms with Crippen molar-refractivity contribution in [3.05, 3.63) is 35.4 Å². The molecule has 1 aliphatic rings. The molecule has 0 saturated carbocycles. The summed E-state index contributed by atoms with van der Waals surface area (Å²) in [6, 6.07) is 7.52. The number of benzene rings is 1. The Balaban J connectivity index is 2.08. The first-order chi connectivity index (χ1) is 9.19. The van der Waals surface area contributed by atoms with Crippen LogP contribution < -0.4 is 10.1 Å². The third kappa shape index (κ3) is 3.68. The van der Waals surface area contributed by atoms with Crippen molar-refractivity contribution in [2.75, 3.05) is 6.61 Å². The molecule has 4 heteroatoms. The molecule has 1 saturated heterocycles. The van der Waals surface area contributed by atoms with E-state index in [0.29, 0.717) is 12.2 Å². The minimum atomic E-state index is -0.303. The zero-order chi connectivity index (χ0) is 13.7. The highest BCUT2D eigenvalue weighted by molar-refractivity contribution is 6.15. The zero-order valence-electron chi connectivity index (χ0n) is 10.9. The second-order valence-electron chi connectivity index (χ2n) is 4.50. The standard InChI is InChI=1S/C15H17NO3/c1-2-3-7-19-13-6-4-5-11(9-13)8-12-10-14(17)16-15(12)18/h4-6,8-9H,2-3,7,10H2,1H3,(H,16,17,18)/b12-8+. The lowest BCUT2D eigenvalue weighted by atomic mass is 10.1. The Labute approximate surface area is 112 Å². The van der Waals surface area contributed by atoms with Crippen LogP contribution in [-0.4, -0.2) is 18.4 Å². The molecule has 0 atom stereocenters. The first-order valence-electron chi connectivity index (χ1n) is 6.46. The second kappa shape index (κ2) is 6.18. The SMILES string of the molecule is CCCCOc1cccc(/C=C2\CC(=O)NC2=O)c1. The molecule has 2 amide bonds. The largest absolute Gasteiger partial charge is 0.494 e. The van der Waals surface area contributed by atoms with Crippen LogP contribution in [0.25, 0.3) is 6.08 Å². The Bertz CT molecular complexity index is 520. The molecule has 2 rings (SSSR count). The topological polar surface area (TPSA) is 55.4 Å². The van der Waals surface area contributed by atoms with Crippen molar-refractivity contribution in [1.29, 1.82) is 0 Å². The van der Waals surface area contributed by atoms with Gasteiger partial charge in [-0.3, -0.25) is 14.9 Å². The van der Waals surface area contributed by atoms with Crippen LogP contribution in [0.15, 0.2) is 29.8 Å². The van der Waals surface area contributed by atoms with Crippen molar-refractivity contribution in [2.45, 2.75) is 26.2 Å². The van der Waals surface area contributed by atoms with Gasteiger partial charge in [-0.2, -0.15) is 0 Å². The molecule has 0 radical (unpaired) electrons. The fourth-order valence-electron chi connectivity index (χ4n) is 1.85. The van der Waals surface area contributed by atoms with Gasteiger partial charge in [-0.25, -0.2) is 0 Å². The summed E-state index contributed by atoms with van der Waals surface area (Å²) in [5.74, 6) is 0.237. The van der Waals surface area contributed by atoms with E-state index < -0.39 is 0 Å². The molecule has 0 aliphatic carbocycles. The number of carbonyl (C=O) groups is 2. The Morgan fingerprint density at radius 2 is 2.21 bits per heavy atom. The van der Waals surface area contributed by atoms with Crippen LogP contribution in [0.2, 0.25) is 0 Å². The van der Waals surface area contributed by atoms with Crippen LogP contribution in [0.4, 0.5) is 0 Å². The van der Waals surface area contributed by atoms with E-state index in [1.807, 2.05) is 24.3 Å². The van der Waals surface area contributed by atoms with E-state index in [9.17, 15) is 9.59 Å². The molecule has 1 aromatic rings. The molecule has 0 aromatic heterocycles. The molecule has 0 unspecified atom stereocenters. The number of carbonyl (C=O) groups excluding carboxylic acids is 2. The number of nitrogens with one attached hydrogen (secondary N) is 1. The van der Waals surface area contributed by atoms with Gasteiger partial charge in [0.15, 0.2) is 0 Å².